The van der Waals surface area contributed by atoms with E-state index in [0.29, 0.717) is 5.41 Å². The Hall–Kier alpha value is 0.960. The van der Waals surface area contributed by atoms with E-state index in [2.05, 4.69) is 45.7 Å². The number of halogens is 2. The Balaban J connectivity index is 3.74. The summed E-state index contributed by atoms with van der Waals surface area (Å²) in [5.74, 6) is 0. The maximum atomic E-state index is 3.81. The maximum absolute atomic E-state index is 3.81. The fourth-order valence-electron chi connectivity index (χ4n) is 3.34. The van der Waals surface area contributed by atoms with E-state index in [-0.39, 0.29) is 0 Å². The van der Waals surface area contributed by atoms with Crippen LogP contribution < -0.4 is 0 Å². The van der Waals surface area contributed by atoms with Crippen molar-refractivity contribution in [3.8, 4) is 0 Å². The highest BCUT2D eigenvalue weighted by molar-refractivity contribution is 9.09. The number of hydrogen-bond acceptors (Lipinski definition) is 0. The first kappa shape index (κ1) is 24.0. The lowest BCUT2D eigenvalue weighted by molar-refractivity contribution is 0.301. The van der Waals surface area contributed by atoms with Crippen molar-refractivity contribution in [3.05, 3.63) is 0 Å². The summed E-state index contributed by atoms with van der Waals surface area (Å²) < 4.78 is 0. The Morgan fingerprint density at radius 3 is 1.09 bits per heavy atom. The SMILES string of the molecule is CCCCCCCCCC(CBr)(CBr)CCCCCCCCC. The van der Waals surface area contributed by atoms with Crippen molar-refractivity contribution in [1.29, 1.82) is 0 Å². The second kappa shape index (κ2) is 17.8. The van der Waals surface area contributed by atoms with Gasteiger partial charge in [0.15, 0.2) is 0 Å². The normalized spacial score (nSPS) is 12.0. The van der Waals surface area contributed by atoms with Crippen LogP contribution in [0.1, 0.15) is 117 Å². The summed E-state index contributed by atoms with van der Waals surface area (Å²) in [6.45, 7) is 4.59. The second-order valence-electron chi connectivity index (χ2n) is 7.51. The molecule has 0 radical (unpaired) electrons. The molecular weight excluding hydrogens is 412 g/mol. The molecule has 0 saturated heterocycles. The standard InChI is InChI=1S/C21H42Br2/c1-3-5-7-9-11-13-15-17-21(19-22,20-23)18-16-14-12-10-8-6-4-2/h3-20H2,1-2H3. The molecule has 0 saturated carbocycles. The molecule has 0 N–H and O–H groups in total. The largest absolute Gasteiger partial charge is 0.0922 e. The lowest BCUT2D eigenvalue weighted by Crippen LogP contribution is -2.24. The van der Waals surface area contributed by atoms with Crippen LogP contribution >= 0.6 is 31.9 Å². The van der Waals surface area contributed by atoms with Gasteiger partial charge in [0.25, 0.3) is 0 Å². The van der Waals surface area contributed by atoms with Crippen LogP contribution in [-0.2, 0) is 0 Å². The molecule has 0 bridgehead atoms. The molecule has 0 aliphatic carbocycles. The average Bonchev–Trinajstić information content (AvgIpc) is 2.58. The second-order valence-corrected chi connectivity index (χ2v) is 8.63. The van der Waals surface area contributed by atoms with E-state index in [0.717, 1.165) is 10.7 Å². The average molecular weight is 454 g/mol. The van der Waals surface area contributed by atoms with Gasteiger partial charge in [-0.15, -0.1) is 0 Å². The van der Waals surface area contributed by atoms with Gasteiger partial charge in [0.05, 0.1) is 0 Å². The summed E-state index contributed by atoms with van der Waals surface area (Å²) in [6, 6.07) is 0. The van der Waals surface area contributed by atoms with E-state index in [9.17, 15) is 0 Å². The lowest BCUT2D eigenvalue weighted by Gasteiger charge is -2.30. The molecule has 0 aromatic rings. The summed E-state index contributed by atoms with van der Waals surface area (Å²) >= 11 is 7.62. The van der Waals surface area contributed by atoms with E-state index in [1.54, 1.807) is 0 Å². The molecule has 0 heterocycles. The fraction of sp³-hybridized carbons (Fsp3) is 1.00. The summed E-state index contributed by atoms with van der Waals surface area (Å²) in [6.07, 6.45) is 22.7. The van der Waals surface area contributed by atoms with Gasteiger partial charge in [0.2, 0.25) is 0 Å². The zero-order valence-corrected chi connectivity index (χ0v) is 19.2. The van der Waals surface area contributed by atoms with Crippen LogP contribution in [0.2, 0.25) is 0 Å². The zero-order valence-electron chi connectivity index (χ0n) is 16.0. The van der Waals surface area contributed by atoms with Gasteiger partial charge >= 0.3 is 0 Å². The molecule has 0 aromatic heterocycles. The molecule has 23 heavy (non-hydrogen) atoms. The molecule has 0 aromatic carbocycles. The van der Waals surface area contributed by atoms with Crippen molar-refractivity contribution in [3.63, 3.8) is 0 Å². The van der Waals surface area contributed by atoms with E-state index in [1.807, 2.05) is 0 Å². The molecule has 0 aliphatic rings. The maximum Gasteiger partial charge on any atom is 0.00959 e. The molecule has 0 atom stereocenters. The van der Waals surface area contributed by atoms with Gasteiger partial charge in [-0.3, -0.25) is 0 Å². The molecule has 0 unspecified atom stereocenters. The molecular formula is C21H42Br2. The summed E-state index contributed by atoms with van der Waals surface area (Å²) in [7, 11) is 0. The van der Waals surface area contributed by atoms with Crippen LogP contribution in [0.5, 0.6) is 0 Å². The molecule has 0 nitrogen and oxygen atoms in total. The van der Waals surface area contributed by atoms with Crippen molar-refractivity contribution in [2.75, 3.05) is 10.7 Å². The third-order valence-electron chi connectivity index (χ3n) is 5.19. The lowest BCUT2D eigenvalue weighted by atomic mass is 9.81. The molecule has 2 heteroatoms. The summed E-state index contributed by atoms with van der Waals surface area (Å²) in [5.41, 5.74) is 0.507. The van der Waals surface area contributed by atoms with Crippen LogP contribution in [0.15, 0.2) is 0 Å². The first-order valence-electron chi connectivity index (χ1n) is 10.4. The Morgan fingerprint density at radius 1 is 0.478 bits per heavy atom. The van der Waals surface area contributed by atoms with Gasteiger partial charge < -0.3 is 0 Å². The minimum absolute atomic E-state index is 0.507. The van der Waals surface area contributed by atoms with E-state index in [4.69, 9.17) is 0 Å². The topological polar surface area (TPSA) is 0 Å². The zero-order chi connectivity index (χ0) is 17.2. The van der Waals surface area contributed by atoms with Crippen LogP contribution in [0, 0.1) is 5.41 Å². The van der Waals surface area contributed by atoms with Crippen LogP contribution in [0.4, 0.5) is 0 Å². The molecule has 0 aliphatic heterocycles. The minimum Gasteiger partial charge on any atom is -0.0922 e. The minimum atomic E-state index is 0.507. The van der Waals surface area contributed by atoms with Crippen LogP contribution in [0.3, 0.4) is 0 Å². The van der Waals surface area contributed by atoms with Crippen molar-refractivity contribution in [1.82, 2.24) is 0 Å². The smallest absolute Gasteiger partial charge is 0.00959 e. The number of hydrogen-bond donors (Lipinski definition) is 0. The predicted octanol–water partition coefficient (Wildman–Crippen LogP) is 9.04. The first-order valence-corrected chi connectivity index (χ1v) is 12.6. The summed E-state index contributed by atoms with van der Waals surface area (Å²) in [5, 5.41) is 2.33. The van der Waals surface area contributed by atoms with Crippen molar-refractivity contribution < 1.29 is 0 Å². The van der Waals surface area contributed by atoms with Crippen LogP contribution in [0.25, 0.3) is 0 Å². The van der Waals surface area contributed by atoms with Gasteiger partial charge in [-0.05, 0) is 18.3 Å². The Bertz CT molecular complexity index is 204. The number of unbranched alkanes of at least 4 members (excludes halogenated alkanes) is 12. The highest BCUT2D eigenvalue weighted by Crippen LogP contribution is 2.35. The van der Waals surface area contributed by atoms with E-state index in [1.165, 1.54) is 103 Å². The van der Waals surface area contributed by atoms with Gasteiger partial charge in [0, 0.05) is 10.7 Å². The molecule has 0 rings (SSSR count). The van der Waals surface area contributed by atoms with Gasteiger partial charge in [-0.25, -0.2) is 0 Å². The van der Waals surface area contributed by atoms with Crippen molar-refractivity contribution >= 4 is 31.9 Å². The number of rotatable bonds is 18. The predicted molar refractivity (Wildman–Crippen MR) is 115 cm³/mol. The van der Waals surface area contributed by atoms with E-state index < -0.39 is 0 Å². The fourth-order valence-corrected chi connectivity index (χ4v) is 5.39. The Morgan fingerprint density at radius 2 is 0.783 bits per heavy atom. The van der Waals surface area contributed by atoms with Crippen LogP contribution in [-0.4, -0.2) is 10.7 Å². The Labute approximate surface area is 164 Å². The van der Waals surface area contributed by atoms with Gasteiger partial charge in [-0.2, -0.15) is 0 Å². The highest BCUT2D eigenvalue weighted by atomic mass is 79.9. The first-order chi connectivity index (χ1) is 11.2. The quantitative estimate of drug-likeness (QED) is 0.143. The third-order valence-corrected chi connectivity index (χ3v) is 7.57. The monoisotopic (exact) mass is 452 g/mol. The number of alkyl halides is 2. The molecule has 0 amide bonds. The third kappa shape index (κ3) is 13.9. The summed E-state index contributed by atoms with van der Waals surface area (Å²) in [4.78, 5) is 0. The van der Waals surface area contributed by atoms with E-state index >= 15 is 0 Å². The Kier molecular flexibility index (Phi) is 18.5. The van der Waals surface area contributed by atoms with Crippen molar-refractivity contribution in [2.45, 2.75) is 117 Å². The highest BCUT2D eigenvalue weighted by Gasteiger charge is 2.26. The van der Waals surface area contributed by atoms with Gasteiger partial charge in [0.1, 0.15) is 0 Å². The molecule has 0 spiro atoms. The molecule has 0 fully saturated rings. The van der Waals surface area contributed by atoms with Crippen molar-refractivity contribution in [2.24, 2.45) is 5.41 Å². The van der Waals surface area contributed by atoms with Gasteiger partial charge in [-0.1, -0.05) is 136 Å². The molecule has 140 valence electrons.